The molecule has 1 aromatic heterocycles. The molecule has 1 aromatic carbocycles. The lowest BCUT2D eigenvalue weighted by Crippen LogP contribution is -2.51. The van der Waals surface area contributed by atoms with Gasteiger partial charge in [-0.25, -0.2) is 18.0 Å². The van der Waals surface area contributed by atoms with Gasteiger partial charge in [-0.2, -0.15) is 13.2 Å². The third-order valence-corrected chi connectivity index (χ3v) is 5.81. The highest BCUT2D eigenvalue weighted by Gasteiger charge is 2.40. The van der Waals surface area contributed by atoms with Crippen molar-refractivity contribution in [3.63, 3.8) is 0 Å². The van der Waals surface area contributed by atoms with E-state index in [1.807, 2.05) is 0 Å². The summed E-state index contributed by atoms with van der Waals surface area (Å²) in [6.07, 6.45) is -6.55. The number of nitrogens with zero attached hydrogens (tertiary/aromatic N) is 4. The molecule has 2 unspecified atom stereocenters. The smallest absolute Gasteiger partial charge is 0.444 e. The molecule has 1 aliphatic heterocycles. The molecule has 0 saturated carbocycles. The quantitative estimate of drug-likeness (QED) is 0.385. The first-order chi connectivity index (χ1) is 18.4. The topological polar surface area (TPSA) is 118 Å². The lowest BCUT2D eigenvalue weighted by molar-refractivity contribution is -0.148. The highest BCUT2D eigenvalue weighted by Crippen LogP contribution is 2.29. The van der Waals surface area contributed by atoms with E-state index in [2.05, 4.69) is 20.8 Å². The lowest BCUT2D eigenvalue weighted by Gasteiger charge is -2.30. The number of alkyl halides is 3. The fourth-order valence-electron chi connectivity index (χ4n) is 3.96. The summed E-state index contributed by atoms with van der Waals surface area (Å²) in [4.78, 5) is 39.1. The molecule has 3 amide bonds. The maximum Gasteiger partial charge on any atom is 0.451 e. The fourth-order valence-corrected chi connectivity index (χ4v) is 3.96. The molecule has 16 heteroatoms. The third kappa shape index (κ3) is 7.85. The number of amides is 3. The molecule has 3 rings (SSSR count). The van der Waals surface area contributed by atoms with Gasteiger partial charge in [0.25, 0.3) is 0 Å². The molecule has 0 bridgehead atoms. The van der Waals surface area contributed by atoms with Gasteiger partial charge in [-0.3, -0.25) is 9.59 Å². The van der Waals surface area contributed by atoms with Gasteiger partial charge < -0.3 is 24.8 Å². The fraction of sp³-hybridized carbons (Fsp3) is 0.542. The number of alkyl carbamates (subject to hydrolysis) is 1. The maximum absolute atomic E-state index is 14.4. The Labute approximate surface area is 225 Å². The molecule has 10 nitrogen and oxygen atoms in total. The van der Waals surface area contributed by atoms with Gasteiger partial charge in [-0.1, -0.05) is 0 Å². The molecular weight excluding hydrogens is 550 g/mol. The standard InChI is InChI=1S/C24H28F6N6O4/c1-12(31-22(39)40-23(2,3)4)20(38)32-14(7-13-8-16(26)17(27)10-15(13)25)9-19(37)35-5-6-36-18(11-35)33-34-21(36)24(28,29)30/h8,10,12,14H,5-7,9,11H2,1-4H3,(H,31,39)(H,32,38). The van der Waals surface area contributed by atoms with Crippen LogP contribution in [-0.2, 0) is 40.0 Å². The average molecular weight is 579 g/mol. The summed E-state index contributed by atoms with van der Waals surface area (Å²) in [5.41, 5.74) is -1.18. The number of halogens is 6. The number of ether oxygens (including phenoxy) is 1. The Hall–Kier alpha value is -3.85. The van der Waals surface area contributed by atoms with Crippen molar-refractivity contribution in [3.05, 3.63) is 46.8 Å². The van der Waals surface area contributed by atoms with E-state index in [4.69, 9.17) is 4.74 Å². The molecule has 0 saturated heterocycles. The van der Waals surface area contributed by atoms with Crippen LogP contribution in [0.4, 0.5) is 31.1 Å². The predicted octanol–water partition coefficient (Wildman–Crippen LogP) is 3.09. The number of fused-ring (bicyclic) bond motifs is 1. The number of rotatable bonds is 7. The molecule has 1 aliphatic rings. The average Bonchev–Trinajstić information content (AvgIpc) is 3.25. The normalized spacial score (nSPS) is 15.2. The molecule has 0 fully saturated rings. The first-order valence-electron chi connectivity index (χ1n) is 12.1. The van der Waals surface area contributed by atoms with Gasteiger partial charge in [0, 0.05) is 31.6 Å². The molecule has 2 N–H and O–H groups in total. The van der Waals surface area contributed by atoms with E-state index >= 15 is 0 Å². The van der Waals surface area contributed by atoms with Crippen molar-refractivity contribution in [3.8, 4) is 0 Å². The van der Waals surface area contributed by atoms with E-state index in [9.17, 15) is 40.7 Å². The van der Waals surface area contributed by atoms with Crippen LogP contribution in [0.1, 0.15) is 51.3 Å². The van der Waals surface area contributed by atoms with Crippen LogP contribution < -0.4 is 10.6 Å². The van der Waals surface area contributed by atoms with Gasteiger partial charge in [0.05, 0.1) is 6.54 Å². The minimum absolute atomic E-state index is 0.102. The summed E-state index contributed by atoms with van der Waals surface area (Å²) in [6.45, 7) is 5.48. The molecule has 2 atom stereocenters. The number of carbonyl (C=O) groups is 3. The molecular formula is C24H28F6N6O4. The van der Waals surface area contributed by atoms with Crippen molar-refractivity contribution in [1.29, 1.82) is 0 Å². The molecule has 2 aromatic rings. The highest BCUT2D eigenvalue weighted by atomic mass is 19.4. The zero-order valence-corrected chi connectivity index (χ0v) is 22.0. The van der Waals surface area contributed by atoms with E-state index in [0.29, 0.717) is 12.1 Å². The summed E-state index contributed by atoms with van der Waals surface area (Å²) < 4.78 is 86.9. The Morgan fingerprint density at radius 2 is 1.65 bits per heavy atom. The number of aromatic nitrogens is 3. The summed E-state index contributed by atoms with van der Waals surface area (Å²) >= 11 is 0. The van der Waals surface area contributed by atoms with Gasteiger partial charge in [0.2, 0.25) is 17.6 Å². The lowest BCUT2D eigenvalue weighted by atomic mass is 10.0. The van der Waals surface area contributed by atoms with Crippen LogP contribution in [0.15, 0.2) is 12.1 Å². The molecule has 2 heterocycles. The summed E-state index contributed by atoms with van der Waals surface area (Å²) in [7, 11) is 0. The SMILES string of the molecule is CC(NC(=O)OC(C)(C)C)C(=O)NC(CC(=O)N1CCn2c(nnc2C(F)(F)F)C1)Cc1cc(F)c(F)cc1F. The van der Waals surface area contributed by atoms with Gasteiger partial charge in [0.1, 0.15) is 17.5 Å². The number of benzene rings is 1. The highest BCUT2D eigenvalue weighted by molar-refractivity contribution is 5.86. The molecule has 220 valence electrons. The Bertz CT molecular complexity index is 1280. The zero-order chi connectivity index (χ0) is 30.0. The number of hydrogen-bond acceptors (Lipinski definition) is 6. The second-order valence-electron chi connectivity index (χ2n) is 10.2. The Balaban J connectivity index is 1.75. The van der Waals surface area contributed by atoms with Crippen molar-refractivity contribution in [2.45, 2.75) is 77.5 Å². The van der Waals surface area contributed by atoms with Crippen molar-refractivity contribution in [2.75, 3.05) is 6.54 Å². The van der Waals surface area contributed by atoms with Crippen LogP contribution in [-0.4, -0.2) is 61.8 Å². The second kappa shape index (κ2) is 11.7. The van der Waals surface area contributed by atoms with Crippen LogP contribution in [0.25, 0.3) is 0 Å². The van der Waals surface area contributed by atoms with Crippen molar-refractivity contribution in [1.82, 2.24) is 30.3 Å². The number of carbonyl (C=O) groups excluding carboxylic acids is 3. The van der Waals surface area contributed by atoms with Crippen LogP contribution in [0.5, 0.6) is 0 Å². The molecule has 0 aliphatic carbocycles. The minimum Gasteiger partial charge on any atom is -0.444 e. The first kappa shape index (κ1) is 30.7. The largest absolute Gasteiger partial charge is 0.451 e. The van der Waals surface area contributed by atoms with E-state index in [-0.39, 0.29) is 31.0 Å². The number of hydrogen-bond donors (Lipinski definition) is 2. The van der Waals surface area contributed by atoms with Gasteiger partial charge >= 0.3 is 12.3 Å². The van der Waals surface area contributed by atoms with Crippen LogP contribution >= 0.6 is 0 Å². The van der Waals surface area contributed by atoms with Gasteiger partial charge in [0.15, 0.2) is 17.5 Å². The maximum atomic E-state index is 14.4. The minimum atomic E-state index is -4.73. The molecule has 0 spiro atoms. The monoisotopic (exact) mass is 578 g/mol. The molecule has 0 radical (unpaired) electrons. The van der Waals surface area contributed by atoms with Gasteiger partial charge in [-0.05, 0) is 45.7 Å². The van der Waals surface area contributed by atoms with E-state index in [1.165, 1.54) is 11.8 Å². The second-order valence-corrected chi connectivity index (χ2v) is 10.2. The zero-order valence-electron chi connectivity index (χ0n) is 22.0. The first-order valence-corrected chi connectivity index (χ1v) is 12.1. The Morgan fingerprint density at radius 1 is 1.00 bits per heavy atom. The van der Waals surface area contributed by atoms with Crippen molar-refractivity contribution in [2.24, 2.45) is 0 Å². The van der Waals surface area contributed by atoms with Crippen LogP contribution in [0, 0.1) is 17.5 Å². The number of nitrogens with one attached hydrogen (secondary N) is 2. The third-order valence-electron chi connectivity index (χ3n) is 5.81. The van der Waals surface area contributed by atoms with Gasteiger partial charge in [-0.15, -0.1) is 10.2 Å². The summed E-state index contributed by atoms with van der Waals surface area (Å²) in [5.74, 6) is -6.61. The summed E-state index contributed by atoms with van der Waals surface area (Å²) in [5, 5.41) is 11.5. The predicted molar refractivity (Wildman–Crippen MR) is 126 cm³/mol. The van der Waals surface area contributed by atoms with E-state index < -0.39 is 77.9 Å². The van der Waals surface area contributed by atoms with Crippen molar-refractivity contribution < 1.29 is 45.5 Å². The van der Waals surface area contributed by atoms with E-state index in [1.54, 1.807) is 20.8 Å². The van der Waals surface area contributed by atoms with E-state index in [0.717, 1.165) is 4.57 Å². The van der Waals surface area contributed by atoms with Crippen LogP contribution in [0.2, 0.25) is 0 Å². The molecule has 40 heavy (non-hydrogen) atoms. The van der Waals surface area contributed by atoms with Crippen molar-refractivity contribution >= 4 is 17.9 Å². The Kier molecular flexibility index (Phi) is 8.99. The van der Waals surface area contributed by atoms with Crippen LogP contribution in [0.3, 0.4) is 0 Å². The summed E-state index contributed by atoms with van der Waals surface area (Å²) in [6, 6.07) is -1.42. The Morgan fingerprint density at radius 3 is 2.27 bits per heavy atom.